The zero-order valence-corrected chi connectivity index (χ0v) is 12.9. The molecule has 1 aromatic carbocycles. The van der Waals surface area contributed by atoms with Crippen molar-refractivity contribution in [3.8, 4) is 0 Å². The Morgan fingerprint density at radius 3 is 2.95 bits per heavy atom. The second-order valence-corrected chi connectivity index (χ2v) is 5.60. The van der Waals surface area contributed by atoms with Gasteiger partial charge in [0.1, 0.15) is 11.0 Å². The van der Waals surface area contributed by atoms with Crippen LogP contribution in [0.3, 0.4) is 0 Å². The molecule has 0 bridgehead atoms. The molecule has 0 aliphatic rings. The van der Waals surface area contributed by atoms with Crippen molar-refractivity contribution >= 4 is 28.7 Å². The second-order valence-electron chi connectivity index (χ2n) is 5.07. The van der Waals surface area contributed by atoms with Gasteiger partial charge in [0.25, 0.3) is 5.91 Å². The second kappa shape index (κ2) is 6.25. The predicted octanol–water partition coefficient (Wildman–Crippen LogP) is 1.88. The Morgan fingerprint density at radius 1 is 1.36 bits per heavy atom. The van der Waals surface area contributed by atoms with Crippen LogP contribution >= 0.6 is 11.7 Å². The third-order valence-electron chi connectivity index (χ3n) is 3.54. The first-order chi connectivity index (χ1) is 10.6. The monoisotopic (exact) mass is 316 g/mol. The van der Waals surface area contributed by atoms with E-state index in [0.29, 0.717) is 18.5 Å². The molecule has 0 aliphatic heterocycles. The van der Waals surface area contributed by atoms with E-state index >= 15 is 0 Å². The molecule has 1 unspecified atom stereocenters. The first kappa shape index (κ1) is 14.7. The summed E-state index contributed by atoms with van der Waals surface area (Å²) >= 11 is 1.13. The van der Waals surface area contributed by atoms with Gasteiger partial charge in [-0.1, -0.05) is 0 Å². The van der Waals surface area contributed by atoms with Gasteiger partial charge in [-0.05, 0) is 36.8 Å². The summed E-state index contributed by atoms with van der Waals surface area (Å²) in [6, 6.07) is 8.99. The van der Waals surface area contributed by atoms with E-state index in [9.17, 15) is 9.90 Å². The van der Waals surface area contributed by atoms with Crippen LogP contribution in [0.2, 0.25) is 0 Å². The fraction of sp³-hybridized carbons (Fsp3) is 0.267. The molecule has 114 valence electrons. The number of carbonyl (C=O) groups is 1. The number of benzene rings is 1. The average molecular weight is 316 g/mol. The summed E-state index contributed by atoms with van der Waals surface area (Å²) in [7, 11) is 1.88. The number of aromatic nitrogens is 3. The number of aliphatic hydroxyl groups excluding tert-OH is 1. The van der Waals surface area contributed by atoms with Crippen LogP contribution in [-0.4, -0.2) is 30.9 Å². The summed E-state index contributed by atoms with van der Waals surface area (Å²) in [6.45, 7) is 0.401. The van der Waals surface area contributed by atoms with Gasteiger partial charge in [0.2, 0.25) is 0 Å². The SMILES string of the molecule is Cn1cccc1C(O)CCNC(=O)c1ccc2nsnc2c1. The molecule has 0 fully saturated rings. The molecule has 7 heteroatoms. The van der Waals surface area contributed by atoms with Crippen molar-refractivity contribution in [1.82, 2.24) is 18.6 Å². The van der Waals surface area contributed by atoms with Crippen molar-refractivity contribution in [1.29, 1.82) is 0 Å². The van der Waals surface area contributed by atoms with Gasteiger partial charge in [-0.2, -0.15) is 8.75 Å². The summed E-state index contributed by atoms with van der Waals surface area (Å²) in [5.41, 5.74) is 2.90. The van der Waals surface area contributed by atoms with Crippen LogP contribution in [0.4, 0.5) is 0 Å². The highest BCUT2D eigenvalue weighted by molar-refractivity contribution is 7.00. The molecule has 0 spiro atoms. The number of amides is 1. The molecule has 3 rings (SSSR count). The van der Waals surface area contributed by atoms with E-state index in [2.05, 4.69) is 14.1 Å². The minimum absolute atomic E-state index is 0.172. The molecule has 0 saturated carbocycles. The molecular formula is C15H16N4O2S. The Bertz CT molecular complexity index is 796. The highest BCUT2D eigenvalue weighted by Crippen LogP contribution is 2.16. The first-order valence-electron chi connectivity index (χ1n) is 6.95. The van der Waals surface area contributed by atoms with Gasteiger partial charge < -0.3 is 15.0 Å². The maximum Gasteiger partial charge on any atom is 0.251 e. The lowest BCUT2D eigenvalue weighted by atomic mass is 10.1. The number of carbonyl (C=O) groups excluding carboxylic acids is 1. The van der Waals surface area contributed by atoms with Crippen LogP contribution < -0.4 is 5.32 Å². The van der Waals surface area contributed by atoms with Crippen LogP contribution in [0.25, 0.3) is 11.0 Å². The van der Waals surface area contributed by atoms with Crippen molar-refractivity contribution < 1.29 is 9.90 Å². The Hall–Kier alpha value is -2.25. The number of rotatable bonds is 5. The summed E-state index contributed by atoms with van der Waals surface area (Å²) < 4.78 is 10.1. The Labute approximate surface area is 131 Å². The normalized spacial score (nSPS) is 12.5. The number of hydrogen-bond acceptors (Lipinski definition) is 5. The van der Waals surface area contributed by atoms with Crippen molar-refractivity contribution in [2.75, 3.05) is 6.54 Å². The Kier molecular flexibility index (Phi) is 4.17. The van der Waals surface area contributed by atoms with E-state index in [1.54, 1.807) is 18.2 Å². The first-order valence-corrected chi connectivity index (χ1v) is 7.68. The lowest BCUT2D eigenvalue weighted by molar-refractivity contribution is 0.0941. The van der Waals surface area contributed by atoms with Crippen molar-refractivity contribution in [3.05, 3.63) is 47.8 Å². The van der Waals surface area contributed by atoms with Crippen LogP contribution in [0.15, 0.2) is 36.5 Å². The molecular weight excluding hydrogens is 300 g/mol. The summed E-state index contributed by atoms with van der Waals surface area (Å²) in [5, 5.41) is 12.9. The third kappa shape index (κ3) is 3.00. The fourth-order valence-electron chi connectivity index (χ4n) is 2.32. The Morgan fingerprint density at radius 2 is 2.18 bits per heavy atom. The van der Waals surface area contributed by atoms with Crippen LogP contribution in [0.5, 0.6) is 0 Å². The molecule has 0 radical (unpaired) electrons. The Balaban J connectivity index is 1.57. The fourth-order valence-corrected chi connectivity index (χ4v) is 2.83. The minimum atomic E-state index is -0.592. The van der Waals surface area contributed by atoms with E-state index in [1.807, 2.05) is 29.9 Å². The van der Waals surface area contributed by atoms with Crippen LogP contribution in [0, 0.1) is 0 Å². The van der Waals surface area contributed by atoms with Gasteiger partial charge in [-0.25, -0.2) is 0 Å². The molecule has 22 heavy (non-hydrogen) atoms. The number of aliphatic hydroxyl groups is 1. The lowest BCUT2D eigenvalue weighted by Gasteiger charge is -2.12. The van der Waals surface area contributed by atoms with E-state index in [4.69, 9.17) is 0 Å². The topological polar surface area (TPSA) is 80.0 Å². The summed E-state index contributed by atoms with van der Waals surface area (Å²) in [6.07, 6.45) is 1.75. The highest BCUT2D eigenvalue weighted by Gasteiger charge is 2.12. The predicted molar refractivity (Wildman–Crippen MR) is 84.7 cm³/mol. The molecule has 0 aliphatic carbocycles. The summed E-state index contributed by atoms with van der Waals surface area (Å²) in [4.78, 5) is 12.1. The van der Waals surface area contributed by atoms with Gasteiger partial charge in [0.15, 0.2) is 0 Å². The van der Waals surface area contributed by atoms with Gasteiger partial charge in [0, 0.05) is 31.0 Å². The molecule has 1 amide bonds. The molecule has 2 heterocycles. The van der Waals surface area contributed by atoms with Crippen LogP contribution in [0.1, 0.15) is 28.6 Å². The number of nitrogens with zero attached hydrogens (tertiary/aromatic N) is 3. The van der Waals surface area contributed by atoms with E-state index in [-0.39, 0.29) is 5.91 Å². The average Bonchev–Trinajstić information content (AvgIpc) is 3.14. The van der Waals surface area contributed by atoms with Crippen molar-refractivity contribution in [2.45, 2.75) is 12.5 Å². The van der Waals surface area contributed by atoms with Gasteiger partial charge in [0.05, 0.1) is 17.8 Å². The molecule has 6 nitrogen and oxygen atoms in total. The lowest BCUT2D eigenvalue weighted by Crippen LogP contribution is -2.25. The van der Waals surface area contributed by atoms with E-state index in [1.165, 1.54) is 0 Å². The van der Waals surface area contributed by atoms with Gasteiger partial charge >= 0.3 is 0 Å². The number of fused-ring (bicyclic) bond motifs is 1. The van der Waals surface area contributed by atoms with Gasteiger partial charge in [-0.3, -0.25) is 4.79 Å². The number of aryl methyl sites for hydroxylation is 1. The molecule has 2 N–H and O–H groups in total. The maximum absolute atomic E-state index is 12.1. The van der Waals surface area contributed by atoms with E-state index in [0.717, 1.165) is 28.5 Å². The quantitative estimate of drug-likeness (QED) is 0.753. The largest absolute Gasteiger partial charge is 0.387 e. The third-order valence-corrected chi connectivity index (χ3v) is 4.10. The smallest absolute Gasteiger partial charge is 0.251 e. The maximum atomic E-state index is 12.1. The van der Waals surface area contributed by atoms with Gasteiger partial charge in [-0.15, -0.1) is 0 Å². The zero-order valence-electron chi connectivity index (χ0n) is 12.1. The molecule has 0 saturated heterocycles. The van der Waals surface area contributed by atoms with E-state index < -0.39 is 6.10 Å². The minimum Gasteiger partial charge on any atom is -0.387 e. The number of nitrogens with one attached hydrogen (secondary N) is 1. The molecule has 2 aromatic heterocycles. The summed E-state index contributed by atoms with van der Waals surface area (Å²) in [5.74, 6) is -0.172. The van der Waals surface area contributed by atoms with Crippen LogP contribution in [-0.2, 0) is 7.05 Å². The number of hydrogen-bond donors (Lipinski definition) is 2. The van der Waals surface area contributed by atoms with Crippen molar-refractivity contribution in [3.63, 3.8) is 0 Å². The zero-order chi connectivity index (χ0) is 15.5. The van der Waals surface area contributed by atoms with Crippen molar-refractivity contribution in [2.24, 2.45) is 7.05 Å². The standard InChI is InChI=1S/C15H16N4O2S/c1-19-8-2-3-13(19)14(20)6-7-16-15(21)10-4-5-11-12(9-10)18-22-17-11/h2-5,8-9,14,20H,6-7H2,1H3,(H,16,21). The molecule has 1 atom stereocenters. The molecule has 3 aromatic rings. The highest BCUT2D eigenvalue weighted by atomic mass is 32.1.